The molecule has 0 amide bonds. The maximum Gasteiger partial charge on any atom is 0.261 e. The lowest BCUT2D eigenvalue weighted by Crippen LogP contribution is -2.44. The summed E-state index contributed by atoms with van der Waals surface area (Å²) in [4.78, 5) is 15.2. The van der Waals surface area contributed by atoms with Crippen molar-refractivity contribution in [2.24, 2.45) is 0 Å². The molecule has 0 spiro atoms. The average Bonchev–Trinajstić information content (AvgIpc) is 3.05. The van der Waals surface area contributed by atoms with Gasteiger partial charge in [-0.05, 0) is 56.3 Å². The fourth-order valence-electron chi connectivity index (χ4n) is 3.70. The van der Waals surface area contributed by atoms with E-state index in [0.29, 0.717) is 28.8 Å². The smallest absolute Gasteiger partial charge is 0.261 e. The largest absolute Gasteiger partial charge is 0.338 e. The van der Waals surface area contributed by atoms with E-state index in [0.717, 1.165) is 25.9 Å². The number of anilines is 2. The standard InChI is InChI=1S/C19H19FN6O/c20-13-1-3-14(4-2-13)24-17-16-15(5-10-23-18(16)27)26(25-17)19(6-9-21)7-11-22-12-8-19/h1-5,10,22H,6-8,11-12H2,(H,23,27)(H,24,25). The van der Waals surface area contributed by atoms with E-state index in [1.807, 2.05) is 4.68 Å². The number of fused-ring (bicyclic) bond motifs is 1. The van der Waals surface area contributed by atoms with Gasteiger partial charge in [0.1, 0.15) is 11.2 Å². The number of nitriles is 1. The van der Waals surface area contributed by atoms with Crippen LogP contribution in [0.15, 0.2) is 41.3 Å². The fraction of sp³-hybridized carbons (Fsp3) is 0.316. The second kappa shape index (κ2) is 6.85. The zero-order chi connectivity index (χ0) is 18.9. The van der Waals surface area contributed by atoms with E-state index < -0.39 is 5.54 Å². The van der Waals surface area contributed by atoms with Gasteiger partial charge in [0, 0.05) is 11.9 Å². The van der Waals surface area contributed by atoms with Crippen LogP contribution in [0.4, 0.5) is 15.9 Å². The SMILES string of the molecule is N#CCC1(n2nc(Nc3ccc(F)cc3)c3c(=O)[nH]ccc32)CCNCC1. The van der Waals surface area contributed by atoms with E-state index in [4.69, 9.17) is 5.10 Å². The molecule has 1 fully saturated rings. The maximum absolute atomic E-state index is 13.2. The summed E-state index contributed by atoms with van der Waals surface area (Å²) >= 11 is 0. The first-order chi connectivity index (χ1) is 13.1. The van der Waals surface area contributed by atoms with Gasteiger partial charge in [-0.2, -0.15) is 10.4 Å². The van der Waals surface area contributed by atoms with Crippen molar-refractivity contribution in [1.82, 2.24) is 20.1 Å². The Kier molecular flexibility index (Phi) is 4.38. The molecule has 0 radical (unpaired) electrons. The summed E-state index contributed by atoms with van der Waals surface area (Å²) in [6, 6.07) is 9.96. The van der Waals surface area contributed by atoms with Crippen LogP contribution in [0.25, 0.3) is 10.9 Å². The summed E-state index contributed by atoms with van der Waals surface area (Å²) in [5.74, 6) is 0.0609. The van der Waals surface area contributed by atoms with Crippen molar-refractivity contribution in [1.29, 1.82) is 5.26 Å². The number of nitrogens with zero attached hydrogens (tertiary/aromatic N) is 3. The van der Waals surface area contributed by atoms with Crippen molar-refractivity contribution >= 4 is 22.4 Å². The molecule has 1 saturated heterocycles. The molecule has 4 rings (SSSR count). The number of piperidine rings is 1. The number of aromatic amines is 1. The number of rotatable bonds is 4. The highest BCUT2D eigenvalue weighted by Gasteiger charge is 2.37. The molecule has 1 aliphatic rings. The molecule has 3 aromatic rings. The molecule has 0 unspecified atom stereocenters. The Balaban J connectivity index is 1.87. The molecule has 138 valence electrons. The number of hydrogen-bond donors (Lipinski definition) is 3. The van der Waals surface area contributed by atoms with Gasteiger partial charge in [-0.25, -0.2) is 4.39 Å². The third-order valence-corrected chi connectivity index (χ3v) is 5.10. The van der Waals surface area contributed by atoms with Gasteiger partial charge in [-0.1, -0.05) is 0 Å². The van der Waals surface area contributed by atoms with Crippen LogP contribution in [0.2, 0.25) is 0 Å². The lowest BCUT2D eigenvalue weighted by atomic mass is 9.85. The van der Waals surface area contributed by atoms with Crippen LogP contribution in [0.5, 0.6) is 0 Å². The number of nitrogens with one attached hydrogen (secondary N) is 3. The van der Waals surface area contributed by atoms with Crippen molar-refractivity contribution in [2.75, 3.05) is 18.4 Å². The van der Waals surface area contributed by atoms with Crippen LogP contribution < -0.4 is 16.2 Å². The number of pyridine rings is 1. The third-order valence-electron chi connectivity index (χ3n) is 5.10. The van der Waals surface area contributed by atoms with Crippen molar-refractivity contribution in [3.8, 4) is 6.07 Å². The summed E-state index contributed by atoms with van der Waals surface area (Å²) in [5.41, 5.74) is 0.588. The van der Waals surface area contributed by atoms with E-state index in [2.05, 4.69) is 21.7 Å². The highest BCUT2D eigenvalue weighted by atomic mass is 19.1. The molecule has 2 aromatic heterocycles. The van der Waals surface area contributed by atoms with Crippen LogP contribution in [0.1, 0.15) is 19.3 Å². The van der Waals surface area contributed by atoms with Crippen molar-refractivity contribution in [2.45, 2.75) is 24.8 Å². The molecular formula is C19H19FN6O. The first kappa shape index (κ1) is 17.2. The van der Waals surface area contributed by atoms with Crippen LogP contribution in [-0.4, -0.2) is 27.9 Å². The van der Waals surface area contributed by atoms with Gasteiger partial charge >= 0.3 is 0 Å². The maximum atomic E-state index is 13.2. The van der Waals surface area contributed by atoms with E-state index in [-0.39, 0.29) is 11.4 Å². The van der Waals surface area contributed by atoms with Gasteiger partial charge in [-0.3, -0.25) is 9.48 Å². The van der Waals surface area contributed by atoms with Crippen molar-refractivity contribution in [3.63, 3.8) is 0 Å². The first-order valence-corrected chi connectivity index (χ1v) is 8.84. The lowest BCUT2D eigenvalue weighted by molar-refractivity contribution is 0.197. The monoisotopic (exact) mass is 366 g/mol. The Morgan fingerprint density at radius 3 is 2.70 bits per heavy atom. The zero-order valence-electron chi connectivity index (χ0n) is 14.6. The highest BCUT2D eigenvalue weighted by Crippen LogP contribution is 2.35. The Morgan fingerprint density at radius 2 is 2.00 bits per heavy atom. The van der Waals surface area contributed by atoms with Gasteiger partial charge in [0.05, 0.1) is 23.5 Å². The van der Waals surface area contributed by atoms with Crippen molar-refractivity contribution < 1.29 is 4.39 Å². The minimum atomic E-state index is -0.464. The second-order valence-corrected chi connectivity index (χ2v) is 6.77. The van der Waals surface area contributed by atoms with Crippen LogP contribution in [0.3, 0.4) is 0 Å². The molecule has 3 heterocycles. The summed E-state index contributed by atoms with van der Waals surface area (Å²) in [7, 11) is 0. The molecule has 8 heteroatoms. The molecule has 7 nitrogen and oxygen atoms in total. The Morgan fingerprint density at radius 1 is 1.26 bits per heavy atom. The Bertz CT molecular complexity index is 1060. The molecule has 27 heavy (non-hydrogen) atoms. The average molecular weight is 366 g/mol. The normalized spacial score (nSPS) is 16.1. The van der Waals surface area contributed by atoms with Crippen LogP contribution in [0, 0.1) is 17.1 Å². The predicted molar refractivity (Wildman–Crippen MR) is 100 cm³/mol. The second-order valence-electron chi connectivity index (χ2n) is 6.77. The zero-order valence-corrected chi connectivity index (χ0v) is 14.6. The number of benzene rings is 1. The van der Waals surface area contributed by atoms with E-state index in [1.54, 1.807) is 24.4 Å². The number of hydrogen-bond acceptors (Lipinski definition) is 5. The van der Waals surface area contributed by atoms with Gasteiger partial charge < -0.3 is 15.6 Å². The van der Waals surface area contributed by atoms with E-state index >= 15 is 0 Å². The predicted octanol–water partition coefficient (Wildman–Crippen LogP) is 2.60. The minimum Gasteiger partial charge on any atom is -0.338 e. The van der Waals surface area contributed by atoms with E-state index in [1.165, 1.54) is 12.1 Å². The topological polar surface area (TPSA) is 98.5 Å². The highest BCUT2D eigenvalue weighted by molar-refractivity contribution is 5.91. The lowest BCUT2D eigenvalue weighted by Gasteiger charge is -2.36. The number of aromatic nitrogens is 3. The summed E-state index contributed by atoms with van der Waals surface area (Å²) in [6.07, 6.45) is 3.40. The van der Waals surface area contributed by atoms with Crippen molar-refractivity contribution in [3.05, 3.63) is 52.7 Å². The first-order valence-electron chi connectivity index (χ1n) is 8.84. The summed E-state index contributed by atoms with van der Waals surface area (Å²) in [5, 5.41) is 21.0. The summed E-state index contributed by atoms with van der Waals surface area (Å²) < 4.78 is 15.0. The molecule has 1 aliphatic heterocycles. The molecule has 0 saturated carbocycles. The molecule has 0 bridgehead atoms. The van der Waals surface area contributed by atoms with Gasteiger partial charge in [0.2, 0.25) is 0 Å². The Labute approximate surface area is 154 Å². The van der Waals surface area contributed by atoms with Crippen LogP contribution >= 0.6 is 0 Å². The van der Waals surface area contributed by atoms with E-state index in [9.17, 15) is 14.4 Å². The van der Waals surface area contributed by atoms with Gasteiger partial charge in [0.15, 0.2) is 5.82 Å². The quantitative estimate of drug-likeness (QED) is 0.659. The molecule has 0 atom stereocenters. The van der Waals surface area contributed by atoms with Crippen LogP contribution in [-0.2, 0) is 5.54 Å². The Hall–Kier alpha value is -3.18. The number of H-pyrrole nitrogens is 1. The van der Waals surface area contributed by atoms with Gasteiger partial charge in [-0.15, -0.1) is 0 Å². The third kappa shape index (κ3) is 3.06. The molecule has 3 N–H and O–H groups in total. The molecule has 0 aliphatic carbocycles. The molecular weight excluding hydrogens is 347 g/mol. The number of halogens is 1. The minimum absolute atomic E-state index is 0.260. The molecule has 1 aromatic carbocycles. The van der Waals surface area contributed by atoms with Gasteiger partial charge in [0.25, 0.3) is 5.56 Å². The fourth-order valence-corrected chi connectivity index (χ4v) is 3.70. The summed E-state index contributed by atoms with van der Waals surface area (Å²) in [6.45, 7) is 1.57.